The molecule has 0 N–H and O–H groups in total. The van der Waals surface area contributed by atoms with Crippen LogP contribution in [-0.4, -0.2) is 60.6 Å². The van der Waals surface area contributed by atoms with Gasteiger partial charge in [-0.3, -0.25) is 9.59 Å². The van der Waals surface area contributed by atoms with Crippen LogP contribution in [0.2, 0.25) is 0 Å². The van der Waals surface area contributed by atoms with E-state index in [1.807, 2.05) is 35.9 Å². The number of benzene rings is 1. The van der Waals surface area contributed by atoms with Crippen LogP contribution in [0.5, 0.6) is 5.75 Å². The molecule has 31 heavy (non-hydrogen) atoms. The van der Waals surface area contributed by atoms with E-state index in [-0.39, 0.29) is 11.5 Å². The molecule has 4 rings (SSSR count). The smallest absolute Gasteiger partial charge is 0.267 e. The van der Waals surface area contributed by atoms with Crippen LogP contribution in [0.25, 0.3) is 21.0 Å². The van der Waals surface area contributed by atoms with Gasteiger partial charge < -0.3 is 19.1 Å². The molecule has 1 aliphatic carbocycles. The Labute approximate surface area is 187 Å². The normalized spacial score (nSPS) is 14.0. The van der Waals surface area contributed by atoms with Gasteiger partial charge in [0.05, 0.1) is 17.3 Å². The summed E-state index contributed by atoms with van der Waals surface area (Å²) in [5.74, 6) is 0.887. The van der Waals surface area contributed by atoms with Gasteiger partial charge in [-0.2, -0.15) is 0 Å². The first-order chi connectivity index (χ1) is 15.0. The molecule has 0 aliphatic heterocycles. The van der Waals surface area contributed by atoms with Gasteiger partial charge >= 0.3 is 0 Å². The SMILES string of the molecule is CCN(CC)CCN(C)C(=O)c1sc2c(c1OC)c(=O)n(CC1CC1)c1ccccc21. The molecule has 0 saturated heterocycles. The fraction of sp³-hybridized carbons (Fsp3) is 0.500. The molecule has 2 heterocycles. The minimum Gasteiger partial charge on any atom is -0.494 e. The van der Waals surface area contributed by atoms with E-state index in [1.165, 1.54) is 24.2 Å². The molecule has 0 bridgehead atoms. The first-order valence-corrected chi connectivity index (χ1v) is 11.9. The van der Waals surface area contributed by atoms with E-state index in [2.05, 4.69) is 18.7 Å². The van der Waals surface area contributed by atoms with Gasteiger partial charge in [-0.1, -0.05) is 32.0 Å². The number of aromatic nitrogens is 1. The molecular weight excluding hydrogens is 410 g/mol. The van der Waals surface area contributed by atoms with Gasteiger partial charge in [0.1, 0.15) is 10.3 Å². The molecule has 0 radical (unpaired) electrons. The minimum absolute atomic E-state index is 0.0569. The van der Waals surface area contributed by atoms with E-state index in [9.17, 15) is 9.59 Å². The number of pyridine rings is 1. The van der Waals surface area contributed by atoms with Gasteiger partial charge in [0.15, 0.2) is 5.75 Å². The average molecular weight is 442 g/mol. The summed E-state index contributed by atoms with van der Waals surface area (Å²) in [6.45, 7) is 8.33. The zero-order valence-corrected chi connectivity index (χ0v) is 19.6. The number of fused-ring (bicyclic) bond motifs is 3. The lowest BCUT2D eigenvalue weighted by atomic mass is 10.1. The highest BCUT2D eigenvalue weighted by Gasteiger charge is 2.28. The number of hydrogen-bond acceptors (Lipinski definition) is 5. The lowest BCUT2D eigenvalue weighted by Gasteiger charge is -2.23. The maximum absolute atomic E-state index is 13.5. The van der Waals surface area contributed by atoms with Crippen molar-refractivity contribution in [2.75, 3.05) is 40.3 Å². The van der Waals surface area contributed by atoms with Gasteiger partial charge in [-0.25, -0.2) is 0 Å². The quantitative estimate of drug-likeness (QED) is 0.503. The Hall–Kier alpha value is -2.38. The first kappa shape index (κ1) is 21.8. The zero-order chi connectivity index (χ0) is 22.1. The molecular formula is C24H31N3O3S. The predicted molar refractivity (Wildman–Crippen MR) is 128 cm³/mol. The van der Waals surface area contributed by atoms with Gasteiger partial charge in [-0.05, 0) is 37.9 Å². The molecule has 7 heteroatoms. The van der Waals surface area contributed by atoms with Crippen molar-refractivity contribution in [3.05, 3.63) is 39.5 Å². The lowest BCUT2D eigenvalue weighted by molar-refractivity contribution is 0.0781. The summed E-state index contributed by atoms with van der Waals surface area (Å²) in [5.41, 5.74) is 0.878. The molecule has 1 amide bonds. The van der Waals surface area contributed by atoms with E-state index in [0.717, 1.165) is 41.8 Å². The van der Waals surface area contributed by atoms with E-state index in [4.69, 9.17) is 4.74 Å². The van der Waals surface area contributed by atoms with Gasteiger partial charge in [0.2, 0.25) is 0 Å². The number of likely N-dealkylation sites (N-methyl/N-ethyl adjacent to an activating group) is 2. The molecule has 2 aromatic heterocycles. The van der Waals surface area contributed by atoms with Crippen LogP contribution in [-0.2, 0) is 6.54 Å². The molecule has 1 aromatic carbocycles. The van der Waals surface area contributed by atoms with Crippen LogP contribution in [0, 0.1) is 5.92 Å². The molecule has 0 spiro atoms. The van der Waals surface area contributed by atoms with Crippen molar-refractivity contribution in [2.45, 2.75) is 33.2 Å². The maximum atomic E-state index is 13.5. The molecule has 166 valence electrons. The molecule has 0 atom stereocenters. The number of thiophene rings is 1. The summed E-state index contributed by atoms with van der Waals surface area (Å²) in [6.07, 6.45) is 2.33. The van der Waals surface area contributed by atoms with Crippen LogP contribution in [0.4, 0.5) is 0 Å². The number of carbonyl (C=O) groups excluding carboxylic acids is 1. The number of carbonyl (C=O) groups is 1. The summed E-state index contributed by atoms with van der Waals surface area (Å²) < 4.78 is 8.40. The van der Waals surface area contributed by atoms with Gasteiger partial charge in [0, 0.05) is 32.1 Å². The van der Waals surface area contributed by atoms with E-state index >= 15 is 0 Å². The monoisotopic (exact) mass is 441 g/mol. The summed E-state index contributed by atoms with van der Waals surface area (Å²) in [7, 11) is 3.37. The molecule has 6 nitrogen and oxygen atoms in total. The standard InChI is InChI=1S/C24H31N3O3S/c1-5-26(6-2)14-13-25(3)24(29)22-20(30-4)19-21(31-22)17-9-7-8-10-18(17)27(23(19)28)15-16-11-12-16/h7-10,16H,5-6,11-15H2,1-4H3. The third-order valence-corrected chi connectivity index (χ3v) is 7.48. The average Bonchev–Trinajstić information content (AvgIpc) is 3.53. The van der Waals surface area contributed by atoms with Crippen molar-refractivity contribution < 1.29 is 9.53 Å². The predicted octanol–water partition coefficient (Wildman–Crippen LogP) is 4.05. The zero-order valence-electron chi connectivity index (χ0n) is 18.8. The summed E-state index contributed by atoms with van der Waals surface area (Å²) >= 11 is 1.37. The van der Waals surface area contributed by atoms with E-state index in [0.29, 0.717) is 28.5 Å². The summed E-state index contributed by atoms with van der Waals surface area (Å²) in [4.78, 5) is 31.4. The number of ether oxygens (including phenoxy) is 1. The number of hydrogen-bond donors (Lipinski definition) is 0. The summed E-state index contributed by atoms with van der Waals surface area (Å²) in [6, 6.07) is 7.99. The Kier molecular flexibility index (Phi) is 6.34. The topological polar surface area (TPSA) is 54.8 Å². The van der Waals surface area contributed by atoms with Crippen molar-refractivity contribution >= 4 is 38.2 Å². The van der Waals surface area contributed by atoms with Crippen LogP contribution >= 0.6 is 11.3 Å². The van der Waals surface area contributed by atoms with Crippen LogP contribution in [0.1, 0.15) is 36.4 Å². The highest BCUT2D eigenvalue weighted by atomic mass is 32.1. The molecule has 1 fully saturated rings. The van der Waals surface area contributed by atoms with Gasteiger partial charge in [-0.15, -0.1) is 11.3 Å². The highest BCUT2D eigenvalue weighted by Crippen LogP contribution is 2.41. The molecule has 1 saturated carbocycles. The van der Waals surface area contributed by atoms with Crippen molar-refractivity contribution in [3.63, 3.8) is 0 Å². The Balaban J connectivity index is 1.80. The molecule has 3 aromatic rings. The van der Waals surface area contributed by atoms with Crippen molar-refractivity contribution in [2.24, 2.45) is 5.92 Å². The maximum Gasteiger partial charge on any atom is 0.267 e. The molecule has 1 aliphatic rings. The Morgan fingerprint density at radius 3 is 2.55 bits per heavy atom. The summed E-state index contributed by atoms with van der Waals surface area (Å²) in [5, 5.41) is 1.54. The van der Waals surface area contributed by atoms with Crippen LogP contribution in [0.15, 0.2) is 29.1 Å². The largest absolute Gasteiger partial charge is 0.494 e. The minimum atomic E-state index is -0.0950. The van der Waals surface area contributed by atoms with Crippen LogP contribution < -0.4 is 10.3 Å². The Morgan fingerprint density at radius 2 is 1.90 bits per heavy atom. The third kappa shape index (κ3) is 4.08. The number of para-hydroxylation sites is 1. The van der Waals surface area contributed by atoms with Gasteiger partial charge in [0.25, 0.3) is 11.5 Å². The number of amides is 1. The first-order valence-electron chi connectivity index (χ1n) is 11.1. The van der Waals surface area contributed by atoms with Crippen molar-refractivity contribution in [1.82, 2.24) is 14.4 Å². The Morgan fingerprint density at radius 1 is 1.19 bits per heavy atom. The van der Waals surface area contributed by atoms with Crippen LogP contribution in [0.3, 0.4) is 0 Å². The van der Waals surface area contributed by atoms with Crippen molar-refractivity contribution in [3.8, 4) is 5.75 Å². The second-order valence-corrected chi connectivity index (χ2v) is 9.32. The molecule has 0 unspecified atom stereocenters. The van der Waals surface area contributed by atoms with Crippen molar-refractivity contribution in [1.29, 1.82) is 0 Å². The fourth-order valence-corrected chi connectivity index (χ4v) is 5.42. The fourth-order valence-electron chi connectivity index (χ4n) is 4.13. The second kappa shape index (κ2) is 9.01. The number of nitrogens with zero attached hydrogens (tertiary/aromatic N) is 3. The Bertz CT molecular complexity index is 1160. The highest BCUT2D eigenvalue weighted by molar-refractivity contribution is 7.22. The lowest BCUT2D eigenvalue weighted by Crippen LogP contribution is -2.36. The number of rotatable bonds is 9. The second-order valence-electron chi connectivity index (χ2n) is 8.30. The third-order valence-electron chi connectivity index (χ3n) is 6.29. The van der Waals surface area contributed by atoms with E-state index < -0.39 is 0 Å². The van der Waals surface area contributed by atoms with E-state index in [1.54, 1.807) is 12.0 Å². The number of methoxy groups -OCH3 is 1.